The van der Waals surface area contributed by atoms with Gasteiger partial charge in [-0.2, -0.15) is 0 Å². The van der Waals surface area contributed by atoms with E-state index in [9.17, 15) is 33.6 Å². The molecule has 1 aromatic heterocycles. The van der Waals surface area contributed by atoms with E-state index in [1.807, 2.05) is 18.2 Å². The molecule has 1 aromatic carbocycles. The first-order valence-electron chi connectivity index (χ1n) is 15.5. The van der Waals surface area contributed by atoms with Gasteiger partial charge in [0.05, 0.1) is 34.9 Å². The lowest BCUT2D eigenvalue weighted by Crippen LogP contribution is -2.57. The number of carbonyl (C=O) groups is 7. The SMILES string of the molecule is CC(=O)N[C@H]1CC(=O)NCCCC[C@@H](C(=O)C[C@@H](CCCN=C(C)N)C(=O)c2nc3ccccc3s2)NC(=O)[C@H](CC(N)=O)NC1=O. The number of amidine groups is 1. The molecule has 0 saturated carbocycles. The topological polar surface area (TPSA) is 245 Å². The van der Waals surface area contributed by atoms with Gasteiger partial charge in [0.1, 0.15) is 12.1 Å². The summed E-state index contributed by atoms with van der Waals surface area (Å²) in [4.78, 5) is 98.7. The maximum atomic E-state index is 13.8. The summed E-state index contributed by atoms with van der Waals surface area (Å²) >= 11 is 1.24. The number of primary amides is 1. The van der Waals surface area contributed by atoms with Crippen molar-refractivity contribution in [3.63, 3.8) is 0 Å². The predicted molar refractivity (Wildman–Crippen MR) is 175 cm³/mol. The molecule has 0 bridgehead atoms. The Morgan fingerprint density at radius 1 is 1.06 bits per heavy atom. The number of nitrogens with zero attached hydrogens (tertiary/aromatic N) is 2. The molecule has 1 aliphatic rings. The van der Waals surface area contributed by atoms with Crippen LogP contribution in [-0.4, -0.2) is 83.1 Å². The lowest BCUT2D eigenvalue weighted by atomic mass is 9.89. The van der Waals surface area contributed by atoms with Crippen LogP contribution in [0.1, 0.15) is 75.0 Å². The Labute approximate surface area is 276 Å². The van der Waals surface area contributed by atoms with Gasteiger partial charge in [-0.05, 0) is 51.2 Å². The Kier molecular flexibility index (Phi) is 13.9. The van der Waals surface area contributed by atoms with Gasteiger partial charge in [-0.25, -0.2) is 4.98 Å². The van der Waals surface area contributed by atoms with Crippen molar-refractivity contribution < 1.29 is 33.6 Å². The Balaban J connectivity index is 1.86. The number of fused-ring (bicyclic) bond motifs is 1. The third kappa shape index (κ3) is 11.9. The van der Waals surface area contributed by atoms with E-state index < -0.39 is 72.2 Å². The number of benzene rings is 1. The molecule has 2 heterocycles. The fraction of sp³-hybridized carbons (Fsp3) is 0.516. The van der Waals surface area contributed by atoms with Crippen molar-refractivity contribution in [3.05, 3.63) is 29.3 Å². The predicted octanol–water partition coefficient (Wildman–Crippen LogP) is 0.252. The molecule has 16 heteroatoms. The molecule has 0 radical (unpaired) electrons. The molecular weight excluding hydrogens is 628 g/mol. The van der Waals surface area contributed by atoms with E-state index in [2.05, 4.69) is 31.2 Å². The molecule has 1 aliphatic heterocycles. The molecular formula is C31H42N8O7S. The zero-order valence-corrected chi connectivity index (χ0v) is 27.3. The monoisotopic (exact) mass is 670 g/mol. The molecule has 0 unspecified atom stereocenters. The molecule has 1 saturated heterocycles. The number of aromatic nitrogens is 1. The molecule has 254 valence electrons. The largest absolute Gasteiger partial charge is 0.388 e. The second-order valence-corrected chi connectivity index (χ2v) is 12.5. The molecule has 5 amide bonds. The highest BCUT2D eigenvalue weighted by molar-refractivity contribution is 7.20. The zero-order valence-electron chi connectivity index (χ0n) is 26.5. The molecule has 15 nitrogen and oxygen atoms in total. The molecule has 47 heavy (non-hydrogen) atoms. The summed E-state index contributed by atoms with van der Waals surface area (Å²) in [6.45, 7) is 3.41. The van der Waals surface area contributed by atoms with Crippen LogP contribution in [0.4, 0.5) is 0 Å². The van der Waals surface area contributed by atoms with Crippen LogP contribution in [-0.2, 0) is 28.8 Å². The van der Waals surface area contributed by atoms with E-state index in [1.54, 1.807) is 13.0 Å². The van der Waals surface area contributed by atoms with Gasteiger partial charge in [-0.3, -0.25) is 38.6 Å². The molecule has 3 rings (SSSR count). The molecule has 4 atom stereocenters. The maximum absolute atomic E-state index is 13.8. The number of rotatable bonds is 12. The number of para-hydroxylation sites is 1. The van der Waals surface area contributed by atoms with Crippen molar-refractivity contribution in [3.8, 4) is 0 Å². The summed E-state index contributed by atoms with van der Waals surface area (Å²) in [6, 6.07) is 3.43. The van der Waals surface area contributed by atoms with Gasteiger partial charge in [0, 0.05) is 32.4 Å². The van der Waals surface area contributed by atoms with E-state index in [1.165, 1.54) is 18.3 Å². The van der Waals surface area contributed by atoms with Crippen LogP contribution in [0.25, 0.3) is 10.2 Å². The van der Waals surface area contributed by atoms with Gasteiger partial charge in [0.15, 0.2) is 16.6 Å². The van der Waals surface area contributed by atoms with Crippen molar-refractivity contribution >= 4 is 68.5 Å². The number of hydrogen-bond acceptors (Lipinski definition) is 10. The fourth-order valence-electron chi connectivity index (χ4n) is 5.14. The van der Waals surface area contributed by atoms with E-state index in [0.29, 0.717) is 43.6 Å². The average Bonchev–Trinajstić information content (AvgIpc) is 3.44. The third-order valence-corrected chi connectivity index (χ3v) is 8.51. The Morgan fingerprint density at radius 3 is 2.49 bits per heavy atom. The maximum Gasteiger partial charge on any atom is 0.243 e. The van der Waals surface area contributed by atoms with Crippen molar-refractivity contribution in [1.82, 2.24) is 26.3 Å². The highest BCUT2D eigenvalue weighted by Crippen LogP contribution is 2.27. The highest BCUT2D eigenvalue weighted by atomic mass is 32.1. The Hall–Kier alpha value is -4.73. The minimum atomic E-state index is -1.49. The molecule has 8 N–H and O–H groups in total. The lowest BCUT2D eigenvalue weighted by molar-refractivity contribution is -0.135. The summed E-state index contributed by atoms with van der Waals surface area (Å²) in [7, 11) is 0. The van der Waals surface area contributed by atoms with Gasteiger partial charge >= 0.3 is 0 Å². The number of amides is 5. The summed E-state index contributed by atoms with van der Waals surface area (Å²) in [6.07, 6.45) is 0.619. The average molecular weight is 671 g/mol. The second kappa shape index (κ2) is 17.8. The molecule has 0 aliphatic carbocycles. The Morgan fingerprint density at radius 2 is 1.81 bits per heavy atom. The number of thiazole rings is 1. The van der Waals surface area contributed by atoms with Crippen LogP contribution in [0.5, 0.6) is 0 Å². The zero-order chi connectivity index (χ0) is 34.5. The van der Waals surface area contributed by atoms with Gasteiger partial charge < -0.3 is 32.7 Å². The first kappa shape index (κ1) is 36.7. The number of carbonyl (C=O) groups excluding carboxylic acids is 7. The first-order valence-corrected chi connectivity index (χ1v) is 16.3. The Bertz CT molecular complexity index is 1490. The number of aliphatic imine (C=N–C) groups is 1. The molecule has 0 spiro atoms. The number of Topliss-reactive ketones (excluding diaryl/α,β-unsaturated/α-hetero) is 2. The molecule has 2 aromatic rings. The van der Waals surface area contributed by atoms with Crippen LogP contribution in [0.15, 0.2) is 29.3 Å². The van der Waals surface area contributed by atoms with Crippen molar-refractivity contribution in [2.24, 2.45) is 22.4 Å². The number of ketones is 2. The van der Waals surface area contributed by atoms with Gasteiger partial charge in [-0.1, -0.05) is 12.1 Å². The minimum Gasteiger partial charge on any atom is -0.388 e. The van der Waals surface area contributed by atoms with Crippen LogP contribution in [0.2, 0.25) is 0 Å². The lowest BCUT2D eigenvalue weighted by Gasteiger charge is -2.26. The number of nitrogens with one attached hydrogen (secondary N) is 4. The number of nitrogens with two attached hydrogens (primary N) is 2. The summed E-state index contributed by atoms with van der Waals surface area (Å²) in [5.41, 5.74) is 11.7. The quantitative estimate of drug-likeness (QED) is 0.0783. The third-order valence-electron chi connectivity index (χ3n) is 7.46. The first-order chi connectivity index (χ1) is 22.3. The van der Waals surface area contributed by atoms with Crippen LogP contribution in [0.3, 0.4) is 0 Å². The van der Waals surface area contributed by atoms with E-state index in [-0.39, 0.29) is 30.2 Å². The number of hydrogen-bond donors (Lipinski definition) is 6. The summed E-state index contributed by atoms with van der Waals surface area (Å²) in [5.74, 6) is -4.81. The van der Waals surface area contributed by atoms with Gasteiger partial charge in [0.2, 0.25) is 29.5 Å². The smallest absolute Gasteiger partial charge is 0.243 e. The van der Waals surface area contributed by atoms with Crippen molar-refractivity contribution in [2.75, 3.05) is 13.1 Å². The van der Waals surface area contributed by atoms with Gasteiger partial charge in [-0.15, -0.1) is 11.3 Å². The second-order valence-electron chi connectivity index (χ2n) is 11.5. The normalized spacial score (nSPS) is 20.7. The van der Waals surface area contributed by atoms with Gasteiger partial charge in [0.25, 0.3) is 0 Å². The summed E-state index contributed by atoms with van der Waals surface area (Å²) < 4.78 is 0.831. The van der Waals surface area contributed by atoms with E-state index in [0.717, 1.165) is 4.70 Å². The van der Waals surface area contributed by atoms with E-state index >= 15 is 0 Å². The minimum absolute atomic E-state index is 0.172. The van der Waals surface area contributed by atoms with E-state index in [4.69, 9.17) is 11.5 Å². The van der Waals surface area contributed by atoms with Crippen LogP contribution in [0, 0.1) is 5.92 Å². The highest BCUT2D eigenvalue weighted by Gasteiger charge is 2.33. The molecule has 1 fully saturated rings. The van der Waals surface area contributed by atoms with Crippen LogP contribution >= 0.6 is 11.3 Å². The summed E-state index contributed by atoms with van der Waals surface area (Å²) in [5, 5.41) is 10.4. The van der Waals surface area contributed by atoms with Crippen LogP contribution < -0.4 is 32.7 Å². The standard InChI is InChI=1S/C31H42N8O7S/c1-17(32)34-13-7-8-19(28(44)31-39-21-10-3-4-11-25(21)47-31)14-24(41)20-9-5-6-12-35-27(43)16-23(36-18(2)40)30(46)38-22(15-26(33)42)29(45)37-20/h3-4,10-11,19-20,22-23H,5-9,12-16H2,1-2H3,(H2,32,34)(H2,33,42)(H,35,43)(H,36,40)(H,37,45)(H,38,46)/t19-,20+,22+,23+/m1/s1. The van der Waals surface area contributed by atoms with Crippen molar-refractivity contribution in [1.29, 1.82) is 0 Å². The van der Waals surface area contributed by atoms with Crippen molar-refractivity contribution in [2.45, 2.75) is 83.3 Å². The fourth-order valence-corrected chi connectivity index (χ4v) is 6.12.